The molecule has 2 aromatic heterocycles. The largest absolute Gasteiger partial charge is 0.452 e. The van der Waals surface area contributed by atoms with Crippen molar-refractivity contribution in [2.75, 3.05) is 19.8 Å². The summed E-state index contributed by atoms with van der Waals surface area (Å²) in [6, 6.07) is 5.77. The number of cyclic esters (lactones) is 1. The number of rotatable bonds is 5. The Morgan fingerprint density at radius 1 is 1.36 bits per heavy atom. The van der Waals surface area contributed by atoms with Crippen molar-refractivity contribution in [1.82, 2.24) is 9.47 Å². The van der Waals surface area contributed by atoms with Crippen LogP contribution in [0.3, 0.4) is 0 Å². The molecule has 8 heteroatoms. The van der Waals surface area contributed by atoms with Crippen LogP contribution >= 0.6 is 11.3 Å². The number of hydrogen-bond donors (Lipinski definition) is 0. The summed E-state index contributed by atoms with van der Waals surface area (Å²) in [5, 5.41) is 2.01. The highest BCUT2D eigenvalue weighted by atomic mass is 32.1. The number of thiophene rings is 1. The van der Waals surface area contributed by atoms with Gasteiger partial charge in [-0.15, -0.1) is 11.3 Å². The maximum atomic E-state index is 12.3. The van der Waals surface area contributed by atoms with E-state index in [-0.39, 0.29) is 13.2 Å². The maximum Gasteiger partial charge on any atom is 0.416 e. The normalized spacial score (nSPS) is 13.8. The molecule has 0 spiro atoms. The van der Waals surface area contributed by atoms with Crippen LogP contribution in [0.5, 0.6) is 0 Å². The molecule has 25 heavy (non-hydrogen) atoms. The first-order chi connectivity index (χ1) is 12.0. The van der Waals surface area contributed by atoms with Gasteiger partial charge in [-0.1, -0.05) is 6.07 Å². The Bertz CT molecular complexity index is 809. The van der Waals surface area contributed by atoms with E-state index in [1.54, 1.807) is 17.4 Å². The molecule has 0 atom stereocenters. The zero-order chi connectivity index (χ0) is 18.0. The Kier molecular flexibility index (Phi) is 4.89. The fourth-order valence-electron chi connectivity index (χ4n) is 2.71. The number of carbonyl (C=O) groups is 3. The number of aromatic nitrogens is 1. The summed E-state index contributed by atoms with van der Waals surface area (Å²) in [5.74, 6) is -1.16. The highest BCUT2D eigenvalue weighted by Gasteiger charge is 2.29. The van der Waals surface area contributed by atoms with Crippen LogP contribution in [0.2, 0.25) is 0 Å². The smallest absolute Gasteiger partial charge is 0.416 e. The Hall–Kier alpha value is -2.61. The zero-order valence-electron chi connectivity index (χ0n) is 14.0. The highest BCUT2D eigenvalue weighted by Crippen LogP contribution is 2.20. The van der Waals surface area contributed by atoms with E-state index < -0.39 is 24.6 Å². The van der Waals surface area contributed by atoms with Crippen LogP contribution in [0.25, 0.3) is 0 Å². The molecule has 0 bridgehead atoms. The van der Waals surface area contributed by atoms with Gasteiger partial charge < -0.3 is 14.0 Å². The van der Waals surface area contributed by atoms with Crippen LogP contribution in [0, 0.1) is 13.8 Å². The van der Waals surface area contributed by atoms with E-state index in [0.717, 1.165) is 16.3 Å². The fourth-order valence-corrected chi connectivity index (χ4v) is 3.41. The van der Waals surface area contributed by atoms with E-state index in [0.29, 0.717) is 12.1 Å². The molecule has 0 aliphatic carbocycles. The van der Waals surface area contributed by atoms with Gasteiger partial charge in [0.25, 0.3) is 5.91 Å². The number of hydrogen-bond acceptors (Lipinski definition) is 6. The van der Waals surface area contributed by atoms with Crippen LogP contribution in [-0.2, 0) is 20.8 Å². The van der Waals surface area contributed by atoms with Gasteiger partial charge in [0, 0.05) is 16.3 Å². The summed E-state index contributed by atoms with van der Waals surface area (Å²) in [5.41, 5.74) is 2.14. The second-order valence-electron chi connectivity index (χ2n) is 5.69. The monoisotopic (exact) mass is 362 g/mol. The molecule has 0 aromatic carbocycles. The van der Waals surface area contributed by atoms with Gasteiger partial charge in [0.15, 0.2) is 6.61 Å². The van der Waals surface area contributed by atoms with E-state index >= 15 is 0 Å². The fraction of sp³-hybridized carbons (Fsp3) is 0.353. The predicted molar refractivity (Wildman–Crippen MR) is 90.7 cm³/mol. The minimum Gasteiger partial charge on any atom is -0.452 e. The number of amides is 2. The molecular weight excluding hydrogens is 344 g/mol. The van der Waals surface area contributed by atoms with Gasteiger partial charge in [-0.05, 0) is 31.4 Å². The third kappa shape index (κ3) is 3.58. The summed E-state index contributed by atoms with van der Waals surface area (Å²) < 4.78 is 11.8. The van der Waals surface area contributed by atoms with Crippen molar-refractivity contribution in [3.05, 3.63) is 45.4 Å². The van der Waals surface area contributed by atoms with Crippen molar-refractivity contribution in [3.63, 3.8) is 0 Å². The van der Waals surface area contributed by atoms with E-state index in [1.807, 2.05) is 35.9 Å². The summed E-state index contributed by atoms with van der Waals surface area (Å²) in [6.07, 6.45) is -0.699. The Morgan fingerprint density at radius 2 is 2.16 bits per heavy atom. The van der Waals surface area contributed by atoms with Gasteiger partial charge >= 0.3 is 12.1 Å². The third-order valence-corrected chi connectivity index (χ3v) is 4.94. The minimum absolute atomic E-state index is 0.169. The molecule has 3 heterocycles. The van der Waals surface area contributed by atoms with Crippen LogP contribution in [0.4, 0.5) is 4.79 Å². The molecule has 0 N–H and O–H groups in total. The lowest BCUT2D eigenvalue weighted by atomic mass is 10.2. The molecular formula is C17H18N2O5S. The van der Waals surface area contributed by atoms with Gasteiger partial charge in [0.1, 0.15) is 6.61 Å². The Balaban J connectivity index is 1.66. The van der Waals surface area contributed by atoms with Crippen molar-refractivity contribution in [3.8, 4) is 0 Å². The van der Waals surface area contributed by atoms with Gasteiger partial charge in [-0.25, -0.2) is 14.5 Å². The molecule has 0 radical (unpaired) electrons. The van der Waals surface area contributed by atoms with Crippen LogP contribution in [0.15, 0.2) is 23.6 Å². The van der Waals surface area contributed by atoms with Crippen molar-refractivity contribution in [1.29, 1.82) is 0 Å². The van der Waals surface area contributed by atoms with Gasteiger partial charge in [0.05, 0.1) is 18.7 Å². The third-order valence-electron chi connectivity index (χ3n) is 4.08. The first kappa shape index (κ1) is 17.2. The second kappa shape index (κ2) is 7.10. The Labute approximate surface area is 148 Å². The summed E-state index contributed by atoms with van der Waals surface area (Å²) in [6.45, 7) is 4.32. The summed E-state index contributed by atoms with van der Waals surface area (Å²) in [7, 11) is 0. The SMILES string of the molecule is Cc1cc(C(=O)OCC(=O)N2CCOC2=O)c(C)n1Cc1cccs1. The maximum absolute atomic E-state index is 12.3. The first-order valence-electron chi connectivity index (χ1n) is 7.80. The molecule has 1 saturated heterocycles. The quantitative estimate of drug-likeness (QED) is 0.763. The van der Waals surface area contributed by atoms with Gasteiger partial charge in [-0.2, -0.15) is 0 Å². The molecule has 3 rings (SSSR count). The topological polar surface area (TPSA) is 77.8 Å². The molecule has 0 saturated carbocycles. The highest BCUT2D eigenvalue weighted by molar-refractivity contribution is 7.09. The zero-order valence-corrected chi connectivity index (χ0v) is 14.8. The number of esters is 1. The van der Waals surface area contributed by atoms with Crippen molar-refractivity contribution in [2.45, 2.75) is 20.4 Å². The van der Waals surface area contributed by atoms with Gasteiger partial charge in [0.2, 0.25) is 0 Å². The predicted octanol–water partition coefficient (Wildman–Crippen LogP) is 2.35. The molecule has 2 aromatic rings. The van der Waals surface area contributed by atoms with Crippen LogP contribution in [-0.4, -0.2) is 47.2 Å². The molecule has 7 nitrogen and oxygen atoms in total. The second-order valence-corrected chi connectivity index (χ2v) is 6.72. The molecule has 0 unspecified atom stereocenters. The van der Waals surface area contributed by atoms with Crippen LogP contribution < -0.4 is 0 Å². The average Bonchev–Trinajstić information content (AvgIpc) is 3.30. The minimum atomic E-state index is -0.699. The first-order valence-corrected chi connectivity index (χ1v) is 8.68. The van der Waals surface area contributed by atoms with E-state index in [2.05, 4.69) is 4.74 Å². The summed E-state index contributed by atoms with van der Waals surface area (Å²) in [4.78, 5) is 37.7. The van der Waals surface area contributed by atoms with Crippen molar-refractivity contribution < 1.29 is 23.9 Å². The standard InChI is InChI=1S/C17H18N2O5S/c1-11-8-14(12(2)19(11)9-13-4-3-7-25-13)16(21)24-10-15(20)18-5-6-23-17(18)22/h3-4,7-8H,5-6,9-10H2,1-2H3. The lowest BCUT2D eigenvalue weighted by Gasteiger charge is -2.11. The number of imide groups is 1. The number of aryl methyl sites for hydroxylation is 1. The molecule has 1 fully saturated rings. The number of carbonyl (C=O) groups excluding carboxylic acids is 3. The van der Waals surface area contributed by atoms with Crippen LogP contribution in [0.1, 0.15) is 26.6 Å². The molecule has 2 amide bonds. The average molecular weight is 362 g/mol. The molecule has 1 aliphatic heterocycles. The lowest BCUT2D eigenvalue weighted by molar-refractivity contribution is -0.131. The van der Waals surface area contributed by atoms with E-state index in [4.69, 9.17) is 4.74 Å². The Morgan fingerprint density at radius 3 is 2.80 bits per heavy atom. The number of ether oxygens (including phenoxy) is 2. The van der Waals surface area contributed by atoms with E-state index in [1.165, 1.54) is 4.88 Å². The molecule has 132 valence electrons. The van der Waals surface area contributed by atoms with Crippen molar-refractivity contribution >= 4 is 29.3 Å². The molecule has 1 aliphatic rings. The van der Waals surface area contributed by atoms with E-state index in [9.17, 15) is 14.4 Å². The van der Waals surface area contributed by atoms with Gasteiger partial charge in [-0.3, -0.25) is 4.79 Å². The lowest BCUT2D eigenvalue weighted by Crippen LogP contribution is -2.35. The van der Waals surface area contributed by atoms with Crippen molar-refractivity contribution in [2.24, 2.45) is 0 Å². The summed E-state index contributed by atoms with van der Waals surface area (Å²) >= 11 is 1.65. The number of nitrogens with zero attached hydrogens (tertiary/aromatic N) is 2.